The molecule has 1 aliphatic rings. The van der Waals surface area contributed by atoms with Crippen LogP contribution < -0.4 is 0 Å². The summed E-state index contributed by atoms with van der Waals surface area (Å²) in [4.78, 5) is 16.9. The van der Waals surface area contributed by atoms with Crippen LogP contribution in [0.3, 0.4) is 0 Å². The summed E-state index contributed by atoms with van der Waals surface area (Å²) >= 11 is 2.26. The number of nitrogens with zero attached hydrogens (tertiary/aromatic N) is 2. The third-order valence-electron chi connectivity index (χ3n) is 4.00. The molecule has 0 radical (unpaired) electrons. The van der Waals surface area contributed by atoms with Crippen molar-refractivity contribution in [2.75, 3.05) is 26.2 Å². The number of carbonyl (C=O) groups excluding carboxylic acids is 1. The highest BCUT2D eigenvalue weighted by Crippen LogP contribution is 2.13. The summed E-state index contributed by atoms with van der Waals surface area (Å²) in [6.07, 6.45) is 0. The lowest BCUT2D eigenvalue weighted by Crippen LogP contribution is -2.48. The number of piperazine rings is 1. The molecular weight excluding hydrogens is 387 g/mol. The Morgan fingerprint density at radius 2 is 1.55 bits per heavy atom. The molecule has 2 aromatic rings. The molecule has 0 aliphatic carbocycles. The van der Waals surface area contributed by atoms with Gasteiger partial charge in [0.2, 0.25) is 0 Å². The number of benzene rings is 2. The predicted octanol–water partition coefficient (Wildman–Crippen LogP) is 3.25. The van der Waals surface area contributed by atoms with Gasteiger partial charge in [-0.05, 0) is 52.4 Å². The van der Waals surface area contributed by atoms with Crippen molar-refractivity contribution in [2.45, 2.75) is 6.54 Å². The fourth-order valence-electron chi connectivity index (χ4n) is 2.73. The zero-order chi connectivity index (χ0) is 15.4. The lowest BCUT2D eigenvalue weighted by atomic mass is 10.1. The minimum absolute atomic E-state index is 0.149. The zero-order valence-corrected chi connectivity index (χ0v) is 14.6. The Balaban J connectivity index is 1.55. The van der Waals surface area contributed by atoms with Gasteiger partial charge in [-0.3, -0.25) is 9.69 Å². The fraction of sp³-hybridized carbons (Fsp3) is 0.278. The van der Waals surface area contributed by atoms with Crippen LogP contribution in [0.2, 0.25) is 0 Å². The molecule has 2 aromatic carbocycles. The maximum atomic E-state index is 12.5. The summed E-state index contributed by atoms with van der Waals surface area (Å²) in [6, 6.07) is 18.3. The van der Waals surface area contributed by atoms with Crippen molar-refractivity contribution < 1.29 is 4.79 Å². The molecule has 114 valence electrons. The molecule has 1 heterocycles. The quantitative estimate of drug-likeness (QED) is 0.731. The predicted molar refractivity (Wildman–Crippen MR) is 96.8 cm³/mol. The van der Waals surface area contributed by atoms with Gasteiger partial charge in [0.05, 0.1) is 0 Å². The van der Waals surface area contributed by atoms with Crippen molar-refractivity contribution in [1.82, 2.24) is 9.80 Å². The number of amides is 1. The molecule has 0 saturated carbocycles. The number of hydrogen-bond acceptors (Lipinski definition) is 2. The third kappa shape index (κ3) is 3.87. The fourth-order valence-corrected chi connectivity index (χ4v) is 3.09. The second kappa shape index (κ2) is 7.24. The molecule has 0 unspecified atom stereocenters. The van der Waals surface area contributed by atoms with E-state index in [0.29, 0.717) is 0 Å². The number of rotatable bonds is 3. The van der Waals surface area contributed by atoms with E-state index < -0.39 is 0 Å². The van der Waals surface area contributed by atoms with Gasteiger partial charge in [0.25, 0.3) is 5.91 Å². The number of hydrogen-bond donors (Lipinski definition) is 0. The Labute approximate surface area is 145 Å². The van der Waals surface area contributed by atoms with Gasteiger partial charge >= 0.3 is 0 Å². The van der Waals surface area contributed by atoms with Gasteiger partial charge in [0.1, 0.15) is 0 Å². The standard InChI is InChI=1S/C18H19IN2O/c19-17-8-6-16(7-9-17)18(22)21-12-10-20(11-13-21)14-15-4-2-1-3-5-15/h1-9H,10-14H2. The molecule has 0 atom stereocenters. The Hall–Kier alpha value is -1.40. The van der Waals surface area contributed by atoms with E-state index in [2.05, 4.69) is 51.8 Å². The Kier molecular flexibility index (Phi) is 5.10. The van der Waals surface area contributed by atoms with Crippen LogP contribution in [0.15, 0.2) is 54.6 Å². The molecule has 3 nitrogen and oxygen atoms in total. The van der Waals surface area contributed by atoms with Gasteiger partial charge in [-0.15, -0.1) is 0 Å². The van der Waals surface area contributed by atoms with E-state index in [-0.39, 0.29) is 5.91 Å². The average molecular weight is 406 g/mol. The summed E-state index contributed by atoms with van der Waals surface area (Å²) in [6.45, 7) is 4.44. The van der Waals surface area contributed by atoms with Crippen LogP contribution in [0.1, 0.15) is 15.9 Å². The molecule has 1 aliphatic heterocycles. The highest BCUT2D eigenvalue weighted by atomic mass is 127. The minimum atomic E-state index is 0.149. The zero-order valence-electron chi connectivity index (χ0n) is 12.4. The summed E-state index contributed by atoms with van der Waals surface area (Å²) in [5.41, 5.74) is 2.12. The summed E-state index contributed by atoms with van der Waals surface area (Å²) < 4.78 is 1.15. The van der Waals surface area contributed by atoms with Crippen LogP contribution in [-0.4, -0.2) is 41.9 Å². The monoisotopic (exact) mass is 406 g/mol. The Bertz CT molecular complexity index is 619. The highest BCUT2D eigenvalue weighted by molar-refractivity contribution is 14.1. The lowest BCUT2D eigenvalue weighted by molar-refractivity contribution is 0.0628. The number of halogens is 1. The molecule has 3 rings (SSSR count). The highest BCUT2D eigenvalue weighted by Gasteiger charge is 2.21. The van der Waals surface area contributed by atoms with E-state index >= 15 is 0 Å². The van der Waals surface area contributed by atoms with Gasteiger partial charge in [-0.1, -0.05) is 30.3 Å². The van der Waals surface area contributed by atoms with Gasteiger partial charge in [0, 0.05) is 41.9 Å². The third-order valence-corrected chi connectivity index (χ3v) is 4.72. The number of carbonyl (C=O) groups is 1. The normalized spacial score (nSPS) is 15.8. The van der Waals surface area contributed by atoms with E-state index in [9.17, 15) is 4.79 Å². The van der Waals surface area contributed by atoms with Crippen LogP contribution in [0.25, 0.3) is 0 Å². The van der Waals surface area contributed by atoms with E-state index in [1.807, 2.05) is 35.2 Å². The van der Waals surface area contributed by atoms with E-state index in [0.717, 1.165) is 41.9 Å². The van der Waals surface area contributed by atoms with Gasteiger partial charge in [-0.2, -0.15) is 0 Å². The maximum absolute atomic E-state index is 12.5. The van der Waals surface area contributed by atoms with Crippen molar-refractivity contribution in [3.05, 3.63) is 69.3 Å². The second-order valence-corrected chi connectivity index (χ2v) is 6.81. The van der Waals surface area contributed by atoms with Crippen molar-refractivity contribution in [2.24, 2.45) is 0 Å². The van der Waals surface area contributed by atoms with Crippen LogP contribution in [0.4, 0.5) is 0 Å². The van der Waals surface area contributed by atoms with Gasteiger partial charge in [0.15, 0.2) is 0 Å². The molecule has 1 amide bonds. The second-order valence-electron chi connectivity index (χ2n) is 5.56. The molecule has 0 N–H and O–H groups in total. The van der Waals surface area contributed by atoms with E-state index in [1.54, 1.807) is 0 Å². The van der Waals surface area contributed by atoms with Gasteiger partial charge in [-0.25, -0.2) is 0 Å². The smallest absolute Gasteiger partial charge is 0.253 e. The maximum Gasteiger partial charge on any atom is 0.253 e. The average Bonchev–Trinajstić information content (AvgIpc) is 2.57. The molecule has 0 spiro atoms. The van der Waals surface area contributed by atoms with Crippen LogP contribution in [-0.2, 0) is 6.54 Å². The molecule has 1 fully saturated rings. The first-order valence-electron chi connectivity index (χ1n) is 7.53. The topological polar surface area (TPSA) is 23.6 Å². The van der Waals surface area contributed by atoms with Crippen LogP contribution in [0, 0.1) is 3.57 Å². The van der Waals surface area contributed by atoms with Gasteiger partial charge < -0.3 is 4.90 Å². The summed E-state index contributed by atoms with van der Waals surface area (Å²) in [5, 5.41) is 0. The summed E-state index contributed by atoms with van der Waals surface area (Å²) in [5.74, 6) is 0.149. The van der Waals surface area contributed by atoms with E-state index in [4.69, 9.17) is 0 Å². The molecule has 4 heteroatoms. The summed E-state index contributed by atoms with van der Waals surface area (Å²) in [7, 11) is 0. The Morgan fingerprint density at radius 1 is 0.909 bits per heavy atom. The van der Waals surface area contributed by atoms with E-state index in [1.165, 1.54) is 5.56 Å². The molecule has 0 aromatic heterocycles. The van der Waals surface area contributed by atoms with Crippen molar-refractivity contribution in [3.8, 4) is 0 Å². The first-order chi connectivity index (χ1) is 10.7. The molecule has 1 saturated heterocycles. The molecular formula is C18H19IN2O. The lowest BCUT2D eigenvalue weighted by Gasteiger charge is -2.34. The molecule has 0 bridgehead atoms. The van der Waals surface area contributed by atoms with Crippen molar-refractivity contribution in [1.29, 1.82) is 0 Å². The first kappa shape index (κ1) is 15.5. The Morgan fingerprint density at radius 3 is 2.18 bits per heavy atom. The van der Waals surface area contributed by atoms with Crippen LogP contribution >= 0.6 is 22.6 Å². The van der Waals surface area contributed by atoms with Crippen molar-refractivity contribution in [3.63, 3.8) is 0 Å². The minimum Gasteiger partial charge on any atom is -0.336 e. The van der Waals surface area contributed by atoms with Crippen LogP contribution in [0.5, 0.6) is 0 Å². The molecule has 22 heavy (non-hydrogen) atoms. The largest absolute Gasteiger partial charge is 0.336 e. The first-order valence-corrected chi connectivity index (χ1v) is 8.61. The SMILES string of the molecule is O=C(c1ccc(I)cc1)N1CCN(Cc2ccccc2)CC1. The van der Waals surface area contributed by atoms with Crippen molar-refractivity contribution >= 4 is 28.5 Å².